The van der Waals surface area contributed by atoms with E-state index in [1.807, 2.05) is 0 Å². The molecular weight excluding hydrogens is 217 g/mol. The molecule has 5 heteroatoms. The van der Waals surface area contributed by atoms with Crippen LogP contribution in [0.1, 0.15) is 17.2 Å². The molecule has 0 aliphatic carbocycles. The van der Waals surface area contributed by atoms with Crippen LogP contribution in [0.2, 0.25) is 0 Å². The van der Waals surface area contributed by atoms with E-state index in [4.69, 9.17) is 5.73 Å². The van der Waals surface area contributed by atoms with Crippen molar-refractivity contribution in [2.45, 2.75) is 18.8 Å². The average Bonchev–Trinajstić information content (AvgIpc) is 2.27. The van der Waals surface area contributed by atoms with Gasteiger partial charge in [0.25, 0.3) is 0 Å². The molecule has 0 saturated carbocycles. The molecule has 0 aromatic heterocycles. The number of halogens is 1. The second-order valence-corrected chi connectivity index (χ2v) is 3.62. The van der Waals surface area contributed by atoms with Crippen LogP contribution in [0, 0.1) is 5.82 Å². The molecule has 84 valence electrons. The molecule has 0 amide bonds. The average molecular weight is 231 g/mol. The van der Waals surface area contributed by atoms with Crippen LogP contribution in [0.4, 0.5) is 4.39 Å². The highest BCUT2D eigenvalue weighted by molar-refractivity contribution is 7.80. The zero-order valence-corrected chi connectivity index (χ0v) is 8.99. The molecule has 3 nitrogen and oxygen atoms in total. The number of benzene rings is 1. The third-order valence-corrected chi connectivity index (χ3v) is 2.54. The van der Waals surface area contributed by atoms with Crippen molar-refractivity contribution in [1.82, 2.24) is 0 Å². The molecule has 1 rings (SSSR count). The summed E-state index contributed by atoms with van der Waals surface area (Å²) in [6, 6.07) is 4.22. The summed E-state index contributed by atoms with van der Waals surface area (Å²) < 4.78 is 13.3. The van der Waals surface area contributed by atoms with Crippen LogP contribution < -0.4 is 5.73 Å². The Bertz CT molecular complexity index is 335. The molecule has 0 bridgehead atoms. The van der Waals surface area contributed by atoms with Crippen molar-refractivity contribution in [3.63, 3.8) is 0 Å². The summed E-state index contributed by atoms with van der Waals surface area (Å²) in [5.41, 5.74) is 6.16. The highest BCUT2D eigenvalue weighted by atomic mass is 32.1. The minimum absolute atomic E-state index is 0.0551. The molecule has 1 aromatic rings. The van der Waals surface area contributed by atoms with E-state index in [1.54, 1.807) is 6.07 Å². The van der Waals surface area contributed by atoms with Gasteiger partial charge in [0.15, 0.2) is 0 Å². The summed E-state index contributed by atoms with van der Waals surface area (Å²) in [5, 5.41) is 19.0. The Morgan fingerprint density at radius 2 is 2.07 bits per heavy atom. The van der Waals surface area contributed by atoms with E-state index in [-0.39, 0.29) is 17.9 Å². The quantitative estimate of drug-likeness (QED) is 0.574. The number of aliphatic hydroxyl groups excluding tert-OH is 2. The smallest absolute Gasteiger partial charge is 0.129 e. The Labute approximate surface area is 93.1 Å². The summed E-state index contributed by atoms with van der Waals surface area (Å²) in [4.78, 5) is 0. The molecular formula is C10H14FNO2S. The third kappa shape index (κ3) is 2.92. The lowest BCUT2D eigenvalue weighted by Gasteiger charge is -2.17. The van der Waals surface area contributed by atoms with Crippen molar-refractivity contribution in [3.05, 3.63) is 35.1 Å². The molecule has 0 heterocycles. The number of nitrogens with two attached hydrogens (primary N) is 1. The molecule has 0 fully saturated rings. The van der Waals surface area contributed by atoms with E-state index in [0.29, 0.717) is 5.56 Å². The zero-order valence-electron chi connectivity index (χ0n) is 8.10. The summed E-state index contributed by atoms with van der Waals surface area (Å²) in [6.45, 7) is 0.261. The van der Waals surface area contributed by atoms with Crippen LogP contribution in [0.25, 0.3) is 0 Å². The maximum absolute atomic E-state index is 13.3. The second-order valence-electron chi connectivity index (χ2n) is 3.25. The Hall–Kier alpha value is -0.620. The topological polar surface area (TPSA) is 66.5 Å². The maximum atomic E-state index is 13.3. The number of hydrogen-bond donors (Lipinski definition) is 4. The molecule has 15 heavy (non-hydrogen) atoms. The predicted octanol–water partition coefficient (Wildman–Crippen LogP) is 0.609. The van der Waals surface area contributed by atoms with Gasteiger partial charge in [0.1, 0.15) is 11.9 Å². The van der Waals surface area contributed by atoms with Crippen LogP contribution in [0.15, 0.2) is 18.2 Å². The fourth-order valence-electron chi connectivity index (χ4n) is 1.25. The van der Waals surface area contributed by atoms with Gasteiger partial charge >= 0.3 is 0 Å². The molecule has 0 aliphatic rings. The van der Waals surface area contributed by atoms with Crippen LogP contribution in [-0.2, 0) is 6.54 Å². The van der Waals surface area contributed by atoms with Gasteiger partial charge in [0.2, 0.25) is 0 Å². The van der Waals surface area contributed by atoms with E-state index in [9.17, 15) is 14.6 Å². The van der Waals surface area contributed by atoms with Crippen LogP contribution in [0.3, 0.4) is 0 Å². The van der Waals surface area contributed by atoms with Crippen LogP contribution in [-0.4, -0.2) is 22.1 Å². The Morgan fingerprint density at radius 1 is 1.40 bits per heavy atom. The first-order valence-electron chi connectivity index (χ1n) is 4.55. The SMILES string of the molecule is NCc1ccc(F)c(C(O)C(O)CS)c1. The zero-order chi connectivity index (χ0) is 11.4. The minimum Gasteiger partial charge on any atom is -0.389 e. The van der Waals surface area contributed by atoms with Gasteiger partial charge < -0.3 is 15.9 Å². The molecule has 2 atom stereocenters. The van der Waals surface area contributed by atoms with Gasteiger partial charge in [-0.15, -0.1) is 0 Å². The van der Waals surface area contributed by atoms with E-state index in [1.165, 1.54) is 12.1 Å². The molecule has 0 saturated heterocycles. The summed E-state index contributed by atoms with van der Waals surface area (Å²) in [5.74, 6) is -0.492. The molecule has 0 aliphatic heterocycles. The Morgan fingerprint density at radius 3 is 2.60 bits per heavy atom. The number of rotatable bonds is 4. The van der Waals surface area contributed by atoms with Crippen molar-refractivity contribution in [2.75, 3.05) is 5.75 Å². The summed E-state index contributed by atoms with van der Waals surface area (Å²) in [6.07, 6.45) is -2.36. The fourth-order valence-corrected chi connectivity index (χ4v) is 1.45. The lowest BCUT2D eigenvalue weighted by molar-refractivity contribution is 0.0314. The first-order valence-corrected chi connectivity index (χ1v) is 5.18. The molecule has 1 aromatic carbocycles. The minimum atomic E-state index is -1.27. The van der Waals surface area contributed by atoms with Gasteiger partial charge in [-0.2, -0.15) is 12.6 Å². The number of hydrogen-bond acceptors (Lipinski definition) is 4. The lowest BCUT2D eigenvalue weighted by Crippen LogP contribution is -2.21. The van der Waals surface area contributed by atoms with E-state index >= 15 is 0 Å². The molecule has 2 unspecified atom stereocenters. The maximum Gasteiger partial charge on any atom is 0.129 e. The van der Waals surface area contributed by atoms with Crippen molar-refractivity contribution in [3.8, 4) is 0 Å². The summed E-state index contributed by atoms with van der Waals surface area (Å²) >= 11 is 3.83. The Kier molecular flexibility index (Phi) is 4.53. The first kappa shape index (κ1) is 12.4. The highest BCUT2D eigenvalue weighted by Crippen LogP contribution is 2.22. The van der Waals surface area contributed by atoms with Crippen molar-refractivity contribution in [1.29, 1.82) is 0 Å². The van der Waals surface area contributed by atoms with Gasteiger partial charge in [-0.3, -0.25) is 0 Å². The van der Waals surface area contributed by atoms with Gasteiger partial charge in [-0.05, 0) is 17.7 Å². The molecule has 0 spiro atoms. The van der Waals surface area contributed by atoms with Gasteiger partial charge in [0, 0.05) is 17.9 Å². The van der Waals surface area contributed by atoms with Crippen LogP contribution in [0.5, 0.6) is 0 Å². The van der Waals surface area contributed by atoms with E-state index < -0.39 is 18.0 Å². The largest absolute Gasteiger partial charge is 0.389 e. The predicted molar refractivity (Wildman–Crippen MR) is 59.1 cm³/mol. The second kappa shape index (κ2) is 5.46. The van der Waals surface area contributed by atoms with Crippen molar-refractivity contribution >= 4 is 12.6 Å². The van der Waals surface area contributed by atoms with Gasteiger partial charge in [-0.1, -0.05) is 6.07 Å². The molecule has 0 radical (unpaired) electrons. The van der Waals surface area contributed by atoms with Crippen molar-refractivity contribution < 1.29 is 14.6 Å². The fraction of sp³-hybridized carbons (Fsp3) is 0.400. The lowest BCUT2D eigenvalue weighted by atomic mass is 10.0. The van der Waals surface area contributed by atoms with Crippen LogP contribution >= 0.6 is 12.6 Å². The standard InChI is InChI=1S/C10H14FNO2S/c11-8-2-1-6(4-12)3-7(8)10(14)9(13)5-15/h1-3,9-10,13-15H,4-5,12H2. The Balaban J connectivity index is 3.01. The first-order chi connectivity index (χ1) is 7.10. The highest BCUT2D eigenvalue weighted by Gasteiger charge is 2.20. The van der Waals surface area contributed by atoms with E-state index in [0.717, 1.165) is 0 Å². The monoisotopic (exact) mass is 231 g/mol. The summed E-state index contributed by atoms with van der Waals surface area (Å²) in [7, 11) is 0. The van der Waals surface area contributed by atoms with Gasteiger partial charge in [-0.25, -0.2) is 4.39 Å². The third-order valence-electron chi connectivity index (χ3n) is 2.17. The molecule has 4 N–H and O–H groups in total. The normalized spacial score (nSPS) is 15.0. The number of aliphatic hydroxyl groups is 2. The van der Waals surface area contributed by atoms with Crippen molar-refractivity contribution in [2.24, 2.45) is 5.73 Å². The number of thiol groups is 1. The van der Waals surface area contributed by atoms with Gasteiger partial charge in [0.05, 0.1) is 6.10 Å². The van der Waals surface area contributed by atoms with E-state index in [2.05, 4.69) is 12.6 Å².